The fraction of sp³-hybridized carbons (Fsp3) is 0.385. The van der Waals surface area contributed by atoms with Gasteiger partial charge in [0.25, 0.3) is 0 Å². The third-order valence-electron chi connectivity index (χ3n) is 2.47. The van der Waals surface area contributed by atoms with Crippen LogP contribution in [0.25, 0.3) is 0 Å². The first-order valence-corrected chi connectivity index (χ1v) is 5.41. The summed E-state index contributed by atoms with van der Waals surface area (Å²) in [5.41, 5.74) is 8.13. The Morgan fingerprint density at radius 2 is 2.13 bits per heavy atom. The number of nitrogens with two attached hydrogens (primary N) is 1. The molecule has 1 aromatic carbocycles. The largest absolute Gasteiger partial charge is 0.326 e. The molecule has 2 nitrogen and oxygen atoms in total. The lowest BCUT2D eigenvalue weighted by atomic mass is 10.1. The fourth-order valence-corrected chi connectivity index (χ4v) is 1.60. The number of hydrogen-bond donors (Lipinski definition) is 1. The molecule has 15 heavy (non-hydrogen) atoms. The SMILES string of the molecule is C=CCN(CC)Cc1cccc(CN)c1. The number of hydrogen-bond acceptors (Lipinski definition) is 2. The Kier molecular flexibility index (Phi) is 5.08. The van der Waals surface area contributed by atoms with Crippen LogP contribution in [-0.4, -0.2) is 18.0 Å². The summed E-state index contributed by atoms with van der Waals surface area (Å²) in [6.45, 7) is 9.48. The summed E-state index contributed by atoms with van der Waals surface area (Å²) < 4.78 is 0. The van der Waals surface area contributed by atoms with Crippen LogP contribution in [0.15, 0.2) is 36.9 Å². The third kappa shape index (κ3) is 3.86. The van der Waals surface area contributed by atoms with E-state index < -0.39 is 0 Å². The van der Waals surface area contributed by atoms with Crippen LogP contribution in [0.2, 0.25) is 0 Å². The molecule has 82 valence electrons. The zero-order chi connectivity index (χ0) is 11.1. The average molecular weight is 204 g/mol. The summed E-state index contributed by atoms with van der Waals surface area (Å²) in [4.78, 5) is 2.34. The van der Waals surface area contributed by atoms with E-state index in [1.54, 1.807) is 0 Å². The van der Waals surface area contributed by atoms with Crippen molar-refractivity contribution in [3.05, 3.63) is 48.0 Å². The lowest BCUT2D eigenvalue weighted by molar-refractivity contribution is 0.311. The Bertz CT molecular complexity index is 307. The van der Waals surface area contributed by atoms with Crippen molar-refractivity contribution in [2.75, 3.05) is 13.1 Å². The monoisotopic (exact) mass is 204 g/mol. The molecule has 0 aromatic heterocycles. The van der Waals surface area contributed by atoms with Gasteiger partial charge in [-0.3, -0.25) is 4.90 Å². The van der Waals surface area contributed by atoms with Gasteiger partial charge in [-0.2, -0.15) is 0 Å². The second-order valence-electron chi connectivity index (χ2n) is 3.64. The lowest BCUT2D eigenvalue weighted by Crippen LogP contribution is -2.22. The third-order valence-corrected chi connectivity index (χ3v) is 2.47. The molecule has 0 unspecified atom stereocenters. The molecule has 0 spiro atoms. The predicted molar refractivity (Wildman–Crippen MR) is 65.5 cm³/mol. The summed E-state index contributed by atoms with van der Waals surface area (Å²) in [5.74, 6) is 0. The smallest absolute Gasteiger partial charge is 0.0237 e. The first kappa shape index (κ1) is 12.0. The van der Waals surface area contributed by atoms with E-state index in [0.717, 1.165) is 19.6 Å². The summed E-state index contributed by atoms with van der Waals surface area (Å²) in [5, 5.41) is 0. The highest BCUT2D eigenvalue weighted by molar-refractivity contribution is 5.23. The maximum Gasteiger partial charge on any atom is 0.0237 e. The summed E-state index contributed by atoms with van der Waals surface area (Å²) in [6.07, 6.45) is 1.94. The molecule has 0 atom stereocenters. The van der Waals surface area contributed by atoms with E-state index in [4.69, 9.17) is 5.73 Å². The molecule has 2 N–H and O–H groups in total. The van der Waals surface area contributed by atoms with Crippen molar-refractivity contribution in [2.45, 2.75) is 20.0 Å². The van der Waals surface area contributed by atoms with Gasteiger partial charge in [-0.15, -0.1) is 6.58 Å². The normalized spacial score (nSPS) is 10.6. The van der Waals surface area contributed by atoms with E-state index in [9.17, 15) is 0 Å². The highest BCUT2D eigenvalue weighted by atomic mass is 15.1. The molecule has 0 amide bonds. The summed E-state index contributed by atoms with van der Waals surface area (Å²) in [6, 6.07) is 8.45. The van der Waals surface area contributed by atoms with Crippen LogP contribution in [0.5, 0.6) is 0 Å². The molecule has 0 fully saturated rings. The Hall–Kier alpha value is -1.12. The van der Waals surface area contributed by atoms with E-state index in [2.05, 4.69) is 42.7 Å². The van der Waals surface area contributed by atoms with E-state index >= 15 is 0 Å². The molecule has 1 rings (SSSR count). The van der Waals surface area contributed by atoms with Gasteiger partial charge in [0.2, 0.25) is 0 Å². The molecule has 0 aliphatic rings. The second-order valence-corrected chi connectivity index (χ2v) is 3.64. The molecular formula is C13H20N2. The minimum Gasteiger partial charge on any atom is -0.326 e. The molecule has 0 heterocycles. The van der Waals surface area contributed by atoms with Crippen molar-refractivity contribution in [2.24, 2.45) is 5.73 Å². The van der Waals surface area contributed by atoms with E-state index in [-0.39, 0.29) is 0 Å². The van der Waals surface area contributed by atoms with Crippen LogP contribution < -0.4 is 5.73 Å². The second kappa shape index (κ2) is 6.38. The number of likely N-dealkylation sites (N-methyl/N-ethyl adjacent to an activating group) is 1. The standard InChI is InChI=1S/C13H20N2/c1-3-8-15(4-2)11-13-7-5-6-12(9-13)10-14/h3,5-7,9H,1,4,8,10-11,14H2,2H3. The number of rotatable bonds is 6. The zero-order valence-electron chi connectivity index (χ0n) is 9.45. The average Bonchev–Trinajstić information content (AvgIpc) is 2.29. The Labute approximate surface area is 92.4 Å². The number of nitrogens with zero attached hydrogens (tertiary/aromatic N) is 1. The van der Waals surface area contributed by atoms with Crippen LogP contribution in [0.1, 0.15) is 18.1 Å². The van der Waals surface area contributed by atoms with Gasteiger partial charge < -0.3 is 5.73 Å². The van der Waals surface area contributed by atoms with E-state index in [0.29, 0.717) is 6.54 Å². The van der Waals surface area contributed by atoms with Gasteiger partial charge in [-0.25, -0.2) is 0 Å². The van der Waals surface area contributed by atoms with Crippen molar-refractivity contribution in [1.82, 2.24) is 4.90 Å². The van der Waals surface area contributed by atoms with Crippen molar-refractivity contribution in [1.29, 1.82) is 0 Å². The van der Waals surface area contributed by atoms with Crippen molar-refractivity contribution < 1.29 is 0 Å². The van der Waals surface area contributed by atoms with Gasteiger partial charge in [0.15, 0.2) is 0 Å². The molecule has 2 heteroatoms. The molecule has 0 aliphatic heterocycles. The summed E-state index contributed by atoms with van der Waals surface area (Å²) >= 11 is 0. The summed E-state index contributed by atoms with van der Waals surface area (Å²) in [7, 11) is 0. The van der Waals surface area contributed by atoms with Gasteiger partial charge in [-0.05, 0) is 17.7 Å². The van der Waals surface area contributed by atoms with Crippen LogP contribution in [0.4, 0.5) is 0 Å². The Morgan fingerprint density at radius 1 is 1.40 bits per heavy atom. The molecule has 0 saturated heterocycles. The van der Waals surface area contributed by atoms with Gasteiger partial charge >= 0.3 is 0 Å². The molecule has 1 aromatic rings. The van der Waals surface area contributed by atoms with Gasteiger partial charge in [0.05, 0.1) is 0 Å². The van der Waals surface area contributed by atoms with E-state index in [1.165, 1.54) is 11.1 Å². The van der Waals surface area contributed by atoms with E-state index in [1.807, 2.05) is 6.08 Å². The van der Waals surface area contributed by atoms with Gasteiger partial charge in [0, 0.05) is 19.6 Å². The maximum atomic E-state index is 5.61. The zero-order valence-corrected chi connectivity index (χ0v) is 9.45. The first-order valence-electron chi connectivity index (χ1n) is 5.41. The minimum atomic E-state index is 0.613. The van der Waals surface area contributed by atoms with Crippen molar-refractivity contribution in [3.8, 4) is 0 Å². The highest BCUT2D eigenvalue weighted by Gasteiger charge is 2.01. The van der Waals surface area contributed by atoms with Crippen LogP contribution >= 0.6 is 0 Å². The van der Waals surface area contributed by atoms with Crippen LogP contribution in [0, 0.1) is 0 Å². The lowest BCUT2D eigenvalue weighted by Gasteiger charge is -2.18. The highest BCUT2D eigenvalue weighted by Crippen LogP contribution is 2.07. The molecule has 0 radical (unpaired) electrons. The molecule has 0 saturated carbocycles. The Balaban J connectivity index is 2.65. The molecular weight excluding hydrogens is 184 g/mol. The van der Waals surface area contributed by atoms with Crippen LogP contribution in [0.3, 0.4) is 0 Å². The Morgan fingerprint density at radius 3 is 2.73 bits per heavy atom. The maximum absolute atomic E-state index is 5.61. The van der Waals surface area contributed by atoms with Gasteiger partial charge in [0.1, 0.15) is 0 Å². The van der Waals surface area contributed by atoms with Crippen LogP contribution in [-0.2, 0) is 13.1 Å². The fourth-order valence-electron chi connectivity index (χ4n) is 1.60. The topological polar surface area (TPSA) is 29.3 Å². The molecule has 0 bridgehead atoms. The minimum absolute atomic E-state index is 0.613. The molecule has 0 aliphatic carbocycles. The first-order chi connectivity index (χ1) is 7.30. The predicted octanol–water partition coefficient (Wildman–Crippen LogP) is 2.15. The van der Waals surface area contributed by atoms with Gasteiger partial charge in [-0.1, -0.05) is 37.3 Å². The van der Waals surface area contributed by atoms with Crippen molar-refractivity contribution in [3.63, 3.8) is 0 Å². The van der Waals surface area contributed by atoms with Crippen molar-refractivity contribution >= 4 is 0 Å². The quantitative estimate of drug-likeness (QED) is 0.719. The number of benzene rings is 1.